The fourth-order valence-corrected chi connectivity index (χ4v) is 4.97. The number of rotatable bonds is 7. The first-order valence-electron chi connectivity index (χ1n) is 8.68. The van der Waals surface area contributed by atoms with Crippen molar-refractivity contribution < 1.29 is 4.92 Å². The Morgan fingerprint density at radius 3 is 2.57 bits per heavy atom. The Morgan fingerprint density at radius 1 is 1.30 bits per heavy atom. The molecule has 2 aliphatic rings. The van der Waals surface area contributed by atoms with E-state index in [2.05, 4.69) is 35.6 Å². The molecule has 124 valence electrons. The molecule has 23 heavy (non-hydrogen) atoms. The van der Waals surface area contributed by atoms with Gasteiger partial charge in [-0.15, -0.1) is 0 Å². The average Bonchev–Trinajstić information content (AvgIpc) is 2.88. The van der Waals surface area contributed by atoms with Gasteiger partial charge in [0.05, 0.1) is 0 Å². The average molecular weight is 376 g/mol. The van der Waals surface area contributed by atoms with Gasteiger partial charge in [0.1, 0.15) is 0 Å². The number of nitro benzene ring substituents is 1. The van der Waals surface area contributed by atoms with E-state index in [9.17, 15) is 10.1 Å². The Labute approximate surface area is 147 Å². The summed E-state index contributed by atoms with van der Waals surface area (Å²) in [6.45, 7) is 8.21. The van der Waals surface area contributed by atoms with E-state index < -0.39 is 0 Å². The molecule has 1 saturated heterocycles. The minimum absolute atomic E-state index is 0.209. The van der Waals surface area contributed by atoms with Gasteiger partial charge in [-0.3, -0.25) is 0 Å². The zero-order valence-corrected chi connectivity index (χ0v) is 15.9. The normalized spacial score (nSPS) is 29.5. The number of nitro groups is 1. The molecule has 1 aromatic carbocycles. The molecule has 0 amide bonds. The number of hydrogen-bond acceptors (Lipinski definition) is 3. The van der Waals surface area contributed by atoms with E-state index in [1.807, 2.05) is 12.1 Å². The first-order chi connectivity index (χ1) is 11.0. The number of hydrogen-bond donors (Lipinski definition) is 0. The summed E-state index contributed by atoms with van der Waals surface area (Å²) < 4.78 is 0.725. The summed E-state index contributed by atoms with van der Waals surface area (Å²) in [6, 6.07) is 5.66. The molecule has 1 heterocycles. The number of nitrogens with zero attached hydrogens (tertiary/aromatic N) is 2. The van der Waals surface area contributed by atoms with Crippen LogP contribution >= 0.6 is 0 Å². The van der Waals surface area contributed by atoms with Crippen LogP contribution in [0.15, 0.2) is 18.2 Å². The fourth-order valence-electron chi connectivity index (χ4n) is 4.35. The van der Waals surface area contributed by atoms with Crippen LogP contribution < -0.4 is 4.35 Å². The predicted molar refractivity (Wildman–Crippen MR) is 93.4 cm³/mol. The van der Waals surface area contributed by atoms with Gasteiger partial charge in [-0.25, -0.2) is 0 Å². The van der Waals surface area contributed by atoms with E-state index in [1.54, 1.807) is 6.07 Å². The van der Waals surface area contributed by atoms with Crippen LogP contribution in [0, 0.1) is 22.0 Å². The molecule has 1 aromatic rings. The van der Waals surface area contributed by atoms with Crippen LogP contribution in [0.2, 0.25) is 0 Å². The van der Waals surface area contributed by atoms with Crippen LogP contribution in [0.4, 0.5) is 5.69 Å². The van der Waals surface area contributed by atoms with Crippen LogP contribution in [0.25, 0.3) is 0 Å². The zero-order chi connectivity index (χ0) is 16.6. The molecule has 2 atom stereocenters. The van der Waals surface area contributed by atoms with Crippen molar-refractivity contribution >= 4 is 26.9 Å². The minimum atomic E-state index is -0.300. The number of unbranched alkanes of at least 4 members (excludes halogenated alkanes) is 3. The molecule has 2 fully saturated rings. The summed E-state index contributed by atoms with van der Waals surface area (Å²) in [5, 5.41) is 11.0. The molecule has 5 heteroatoms. The molecule has 4 nitrogen and oxygen atoms in total. The summed E-state index contributed by atoms with van der Waals surface area (Å²) in [5.41, 5.74) is 1.71. The summed E-state index contributed by atoms with van der Waals surface area (Å²) in [6.07, 6.45) is 5.30. The quantitative estimate of drug-likeness (QED) is 0.318. The topological polar surface area (TPSA) is 46.4 Å². The van der Waals surface area contributed by atoms with E-state index in [-0.39, 0.29) is 16.0 Å². The van der Waals surface area contributed by atoms with Gasteiger partial charge in [0.25, 0.3) is 0 Å². The fraction of sp³-hybridized carbons (Fsp3) is 0.667. The molecule has 0 aromatic heterocycles. The zero-order valence-electron chi connectivity index (χ0n) is 14.0. The van der Waals surface area contributed by atoms with E-state index in [0.29, 0.717) is 0 Å². The summed E-state index contributed by atoms with van der Waals surface area (Å²) in [7, 11) is 0. The van der Waals surface area contributed by atoms with E-state index >= 15 is 0 Å². The van der Waals surface area contributed by atoms with Gasteiger partial charge in [-0.05, 0) is 0 Å². The van der Waals surface area contributed by atoms with Crippen molar-refractivity contribution in [2.45, 2.75) is 44.9 Å². The van der Waals surface area contributed by atoms with Gasteiger partial charge in [0.15, 0.2) is 0 Å². The van der Waals surface area contributed by atoms with Crippen molar-refractivity contribution in [3.05, 3.63) is 33.9 Å². The summed E-state index contributed by atoms with van der Waals surface area (Å²) >= 11 is 2.35. The van der Waals surface area contributed by atoms with Crippen molar-refractivity contribution in [3.8, 4) is 0 Å². The van der Waals surface area contributed by atoms with Crippen LogP contribution in [0.1, 0.15) is 45.1 Å². The van der Waals surface area contributed by atoms with Gasteiger partial charge >= 0.3 is 140 Å². The van der Waals surface area contributed by atoms with Crippen LogP contribution in [0.5, 0.6) is 0 Å². The third-order valence-electron chi connectivity index (χ3n) is 5.95. The molecule has 3 rings (SSSR count). The maximum absolute atomic E-state index is 11.0. The summed E-state index contributed by atoms with van der Waals surface area (Å²) in [5.74, 6) is 1.45. The van der Waals surface area contributed by atoms with Gasteiger partial charge in [-0.2, -0.15) is 0 Å². The van der Waals surface area contributed by atoms with Crippen molar-refractivity contribution in [2.24, 2.45) is 11.8 Å². The molecule has 2 unspecified atom stereocenters. The molecule has 1 saturated carbocycles. The monoisotopic (exact) mass is 376 g/mol. The first kappa shape index (κ1) is 17.0. The molecular weight excluding hydrogens is 351 g/mol. The maximum atomic E-state index is 11.0. The Hall–Kier alpha value is -0.862. The Morgan fingerprint density at radius 2 is 2.00 bits per heavy atom. The number of piperidine rings is 1. The second kappa shape index (κ2) is 6.56. The molecule has 0 bridgehead atoms. The summed E-state index contributed by atoms with van der Waals surface area (Å²) in [4.78, 5) is 13.3. The van der Waals surface area contributed by atoms with Crippen molar-refractivity contribution in [1.29, 1.82) is 0 Å². The van der Waals surface area contributed by atoms with Crippen LogP contribution in [-0.2, 0) is 5.41 Å². The van der Waals surface area contributed by atoms with E-state index in [4.69, 9.17) is 0 Å². The molecular formula is C18H25AsN2O2. The third-order valence-corrected chi connectivity index (χ3v) is 6.70. The van der Waals surface area contributed by atoms with Crippen molar-refractivity contribution in [2.75, 3.05) is 19.6 Å². The number of likely N-dealkylation sites (tertiary alicyclic amines) is 1. The molecule has 1 aliphatic heterocycles. The molecule has 2 radical (unpaired) electrons. The van der Waals surface area contributed by atoms with Crippen LogP contribution in [-0.4, -0.2) is 46.3 Å². The standard InChI is InChI=1S/C18H25AsN2O2/c1-3-4-5-6-9-20-11-14-15(12-20)18(14,2)13-7-8-17(21(22)23)16(19)10-13/h7-8,10,14-15H,3-6,9,11-12H2,1-2H3. The predicted octanol–water partition coefficient (Wildman–Crippen LogP) is 2.79. The van der Waals surface area contributed by atoms with E-state index in [1.165, 1.54) is 50.9 Å². The van der Waals surface area contributed by atoms with Gasteiger partial charge in [0.2, 0.25) is 0 Å². The Balaban J connectivity index is 1.60. The second-order valence-corrected chi connectivity index (χ2v) is 8.29. The Kier molecular flexibility index (Phi) is 4.85. The second-order valence-electron chi connectivity index (χ2n) is 7.28. The van der Waals surface area contributed by atoms with E-state index in [0.717, 1.165) is 16.2 Å². The first-order valence-corrected chi connectivity index (χ1v) is 9.62. The van der Waals surface area contributed by atoms with Gasteiger partial charge < -0.3 is 0 Å². The van der Waals surface area contributed by atoms with Crippen LogP contribution in [0.3, 0.4) is 0 Å². The van der Waals surface area contributed by atoms with Gasteiger partial charge in [0, 0.05) is 0 Å². The molecule has 0 N–H and O–H groups in total. The Bertz CT molecular complexity index is 593. The van der Waals surface area contributed by atoms with Gasteiger partial charge in [-0.1, -0.05) is 6.92 Å². The number of fused-ring (bicyclic) bond motifs is 1. The molecule has 0 spiro atoms. The SMILES string of the molecule is CCCCCCN1CC2C(C1)C2(C)c1ccc([N+](=O)[O-])c([As])c1. The molecule has 1 aliphatic carbocycles. The number of benzene rings is 1. The third kappa shape index (κ3) is 3.08. The van der Waals surface area contributed by atoms with Crippen molar-refractivity contribution in [3.63, 3.8) is 0 Å². The van der Waals surface area contributed by atoms with Crippen molar-refractivity contribution in [1.82, 2.24) is 4.90 Å².